The van der Waals surface area contributed by atoms with Crippen molar-refractivity contribution in [3.63, 3.8) is 0 Å². The predicted octanol–water partition coefficient (Wildman–Crippen LogP) is 3.01. The van der Waals surface area contributed by atoms with Crippen LogP contribution in [0, 0.1) is 0 Å². The van der Waals surface area contributed by atoms with E-state index in [0.717, 1.165) is 16.8 Å². The molecule has 0 saturated heterocycles. The summed E-state index contributed by atoms with van der Waals surface area (Å²) in [5.41, 5.74) is 2.06. The van der Waals surface area contributed by atoms with Crippen LogP contribution in [0.4, 0.5) is 0 Å². The van der Waals surface area contributed by atoms with E-state index in [9.17, 15) is 23.1 Å². The number of aromatic nitrogens is 1. The molecule has 0 radical (unpaired) electrons. The van der Waals surface area contributed by atoms with Crippen molar-refractivity contribution < 1.29 is 23.1 Å². The SMILES string of the molecule is CS(=O)(=O)C(S)[C@H](C(=O)N[C@@H](Cc1ccc(-c2nccs2)cc1)C(=O)O)c1ccccc1. The first-order valence-corrected chi connectivity index (χ1v) is 13.0. The number of carbonyl (C=O) groups is 2. The predicted molar refractivity (Wildman–Crippen MR) is 128 cm³/mol. The molecular weight excluding hydrogens is 468 g/mol. The van der Waals surface area contributed by atoms with E-state index in [1.165, 1.54) is 11.3 Å². The highest BCUT2D eigenvalue weighted by atomic mass is 32.2. The number of benzene rings is 2. The molecule has 0 spiro atoms. The summed E-state index contributed by atoms with van der Waals surface area (Å²) in [4.78, 5) is 29.2. The number of carboxylic acid groups (broad SMARTS) is 1. The van der Waals surface area contributed by atoms with Crippen LogP contribution in [-0.4, -0.2) is 47.3 Å². The number of rotatable bonds is 9. The Bertz CT molecular complexity index is 1160. The highest BCUT2D eigenvalue weighted by Gasteiger charge is 2.36. The Kier molecular flexibility index (Phi) is 7.70. The van der Waals surface area contributed by atoms with E-state index in [2.05, 4.69) is 22.9 Å². The van der Waals surface area contributed by atoms with Gasteiger partial charge in [-0.1, -0.05) is 54.6 Å². The minimum atomic E-state index is -3.69. The van der Waals surface area contributed by atoms with Gasteiger partial charge in [-0.2, -0.15) is 12.6 Å². The van der Waals surface area contributed by atoms with E-state index in [-0.39, 0.29) is 6.42 Å². The van der Waals surface area contributed by atoms with Gasteiger partial charge in [0, 0.05) is 29.8 Å². The Balaban J connectivity index is 1.80. The summed E-state index contributed by atoms with van der Waals surface area (Å²) in [5, 5.41) is 14.9. The number of hydrogen-bond acceptors (Lipinski definition) is 7. The number of carbonyl (C=O) groups excluding carboxylic acids is 1. The Morgan fingerprint density at radius 2 is 1.78 bits per heavy atom. The molecule has 3 atom stereocenters. The molecule has 2 aromatic carbocycles. The molecule has 7 nitrogen and oxygen atoms in total. The number of thiazole rings is 1. The topological polar surface area (TPSA) is 113 Å². The van der Waals surface area contributed by atoms with E-state index in [0.29, 0.717) is 11.1 Å². The molecule has 2 N–H and O–H groups in total. The van der Waals surface area contributed by atoms with E-state index in [4.69, 9.17) is 0 Å². The fourth-order valence-corrected chi connectivity index (χ4v) is 4.93. The molecule has 0 saturated carbocycles. The quantitative estimate of drug-likeness (QED) is 0.398. The van der Waals surface area contributed by atoms with Gasteiger partial charge < -0.3 is 10.4 Å². The summed E-state index contributed by atoms with van der Waals surface area (Å²) in [6, 6.07) is 14.3. The number of aliphatic carboxylic acids is 1. The maximum absolute atomic E-state index is 13.1. The van der Waals surface area contributed by atoms with E-state index in [1.807, 2.05) is 17.5 Å². The zero-order chi connectivity index (χ0) is 23.3. The van der Waals surface area contributed by atoms with Crippen LogP contribution in [0.3, 0.4) is 0 Å². The lowest BCUT2D eigenvalue weighted by atomic mass is 9.98. The molecule has 0 aliphatic carbocycles. The fraction of sp³-hybridized carbons (Fsp3) is 0.227. The van der Waals surface area contributed by atoms with Gasteiger partial charge in [0.05, 0.1) is 5.92 Å². The number of hydrogen-bond donors (Lipinski definition) is 3. The minimum Gasteiger partial charge on any atom is -0.480 e. The van der Waals surface area contributed by atoms with Crippen molar-refractivity contribution in [2.45, 2.75) is 23.0 Å². The number of nitrogens with one attached hydrogen (secondary N) is 1. The average Bonchev–Trinajstić information content (AvgIpc) is 3.29. The van der Waals surface area contributed by atoms with Gasteiger partial charge in [0.2, 0.25) is 5.91 Å². The van der Waals surface area contributed by atoms with Gasteiger partial charge in [0.15, 0.2) is 9.84 Å². The molecule has 1 heterocycles. The van der Waals surface area contributed by atoms with Crippen LogP contribution < -0.4 is 5.32 Å². The standard InChI is InChI=1S/C22H22N2O5S3/c1-32(28,29)22(30)18(15-5-3-2-4-6-15)19(25)24-17(21(26)27)13-14-7-9-16(10-8-14)20-23-11-12-31-20/h2-12,17-18,22,30H,13H2,1H3,(H,24,25)(H,26,27)/t17-,18-,22?/m0/s1. The van der Waals surface area contributed by atoms with Crippen LogP contribution in [0.15, 0.2) is 66.2 Å². The maximum atomic E-state index is 13.1. The van der Waals surface area contributed by atoms with Crippen molar-refractivity contribution in [2.75, 3.05) is 6.26 Å². The smallest absolute Gasteiger partial charge is 0.326 e. The zero-order valence-corrected chi connectivity index (χ0v) is 19.6. The summed E-state index contributed by atoms with van der Waals surface area (Å²) in [6.45, 7) is 0. The molecule has 32 heavy (non-hydrogen) atoms. The molecule has 0 aliphatic rings. The van der Waals surface area contributed by atoms with Crippen LogP contribution in [0.1, 0.15) is 17.0 Å². The lowest BCUT2D eigenvalue weighted by molar-refractivity contribution is -0.142. The minimum absolute atomic E-state index is 0.0385. The lowest BCUT2D eigenvalue weighted by Crippen LogP contribution is -2.46. The van der Waals surface area contributed by atoms with E-state index in [1.54, 1.807) is 48.7 Å². The second-order valence-electron chi connectivity index (χ2n) is 7.25. The highest BCUT2D eigenvalue weighted by Crippen LogP contribution is 2.28. The fourth-order valence-electron chi connectivity index (χ4n) is 3.20. The monoisotopic (exact) mass is 490 g/mol. The summed E-state index contributed by atoms with van der Waals surface area (Å²) in [6.07, 6.45) is 2.74. The largest absolute Gasteiger partial charge is 0.480 e. The summed E-state index contributed by atoms with van der Waals surface area (Å²) < 4.78 is 22.9. The summed E-state index contributed by atoms with van der Waals surface area (Å²) in [5.74, 6) is -3.10. The van der Waals surface area contributed by atoms with Crippen molar-refractivity contribution in [1.29, 1.82) is 0 Å². The van der Waals surface area contributed by atoms with Gasteiger partial charge in [-0.3, -0.25) is 4.79 Å². The van der Waals surface area contributed by atoms with Gasteiger partial charge in [-0.25, -0.2) is 18.2 Å². The normalized spacial score (nSPS) is 14.3. The molecule has 168 valence electrons. The molecule has 1 amide bonds. The van der Waals surface area contributed by atoms with Crippen molar-refractivity contribution >= 4 is 45.7 Å². The third-order valence-electron chi connectivity index (χ3n) is 4.85. The van der Waals surface area contributed by atoms with E-state index >= 15 is 0 Å². The van der Waals surface area contributed by atoms with Gasteiger partial charge in [-0.15, -0.1) is 11.3 Å². The van der Waals surface area contributed by atoms with Crippen LogP contribution in [0.5, 0.6) is 0 Å². The molecule has 1 unspecified atom stereocenters. The summed E-state index contributed by atoms with van der Waals surface area (Å²) in [7, 11) is -3.69. The first-order chi connectivity index (χ1) is 15.2. The average molecular weight is 491 g/mol. The number of thiol groups is 1. The summed E-state index contributed by atoms with van der Waals surface area (Å²) >= 11 is 5.67. The van der Waals surface area contributed by atoms with Crippen LogP contribution in [0.25, 0.3) is 10.6 Å². The van der Waals surface area contributed by atoms with Gasteiger partial charge in [0.1, 0.15) is 15.6 Å². The Hall–Kier alpha value is -2.69. The number of sulfone groups is 1. The van der Waals surface area contributed by atoms with Crippen LogP contribution >= 0.6 is 24.0 Å². The second kappa shape index (κ2) is 10.3. The Labute approximate surface area is 195 Å². The molecule has 0 fully saturated rings. The highest BCUT2D eigenvalue weighted by molar-refractivity contribution is 8.04. The molecule has 3 rings (SSSR count). The Morgan fingerprint density at radius 1 is 1.12 bits per heavy atom. The molecule has 3 aromatic rings. The van der Waals surface area contributed by atoms with Gasteiger partial charge in [-0.05, 0) is 11.1 Å². The number of amides is 1. The van der Waals surface area contributed by atoms with Crippen LogP contribution in [0.2, 0.25) is 0 Å². The second-order valence-corrected chi connectivity index (χ2v) is 11.2. The molecule has 1 aromatic heterocycles. The zero-order valence-electron chi connectivity index (χ0n) is 17.1. The molecule has 0 aliphatic heterocycles. The molecular formula is C22H22N2O5S3. The number of carboxylic acids is 1. The van der Waals surface area contributed by atoms with Crippen LogP contribution in [-0.2, 0) is 25.8 Å². The van der Waals surface area contributed by atoms with Gasteiger partial charge >= 0.3 is 5.97 Å². The van der Waals surface area contributed by atoms with Crippen molar-refractivity contribution in [2.24, 2.45) is 0 Å². The maximum Gasteiger partial charge on any atom is 0.326 e. The Morgan fingerprint density at radius 3 is 2.31 bits per heavy atom. The van der Waals surface area contributed by atoms with Crippen molar-refractivity contribution in [1.82, 2.24) is 10.3 Å². The first kappa shape index (κ1) is 24.0. The van der Waals surface area contributed by atoms with Crippen molar-refractivity contribution in [3.05, 3.63) is 77.3 Å². The molecule has 0 bridgehead atoms. The number of nitrogens with zero attached hydrogens (tertiary/aromatic N) is 1. The third kappa shape index (κ3) is 5.96. The third-order valence-corrected chi connectivity index (χ3v) is 8.27. The molecule has 10 heteroatoms. The first-order valence-electron chi connectivity index (χ1n) is 9.60. The van der Waals surface area contributed by atoms with Gasteiger partial charge in [0.25, 0.3) is 0 Å². The van der Waals surface area contributed by atoms with E-state index < -0.39 is 38.3 Å². The van der Waals surface area contributed by atoms with Crippen molar-refractivity contribution in [3.8, 4) is 10.6 Å². The lowest BCUT2D eigenvalue weighted by Gasteiger charge is -2.24.